The molecule has 132 valence electrons. The molecule has 1 saturated heterocycles. The summed E-state index contributed by atoms with van der Waals surface area (Å²) in [5.74, 6) is 0.225. The zero-order chi connectivity index (χ0) is 17.5. The number of nitrogens with one attached hydrogen (secondary N) is 2. The average molecular weight is 339 g/mol. The van der Waals surface area contributed by atoms with Gasteiger partial charge in [-0.15, -0.1) is 0 Å². The van der Waals surface area contributed by atoms with Crippen molar-refractivity contribution in [2.45, 2.75) is 25.4 Å². The Morgan fingerprint density at radius 3 is 2.40 bits per heavy atom. The first kappa shape index (κ1) is 17.3. The Balaban J connectivity index is 1.58. The van der Waals surface area contributed by atoms with E-state index < -0.39 is 0 Å². The summed E-state index contributed by atoms with van der Waals surface area (Å²) in [5.41, 5.74) is 2.07. The van der Waals surface area contributed by atoms with Gasteiger partial charge < -0.3 is 20.6 Å². The first-order valence-corrected chi connectivity index (χ1v) is 8.80. The van der Waals surface area contributed by atoms with Gasteiger partial charge in [-0.3, -0.25) is 0 Å². The highest BCUT2D eigenvalue weighted by molar-refractivity contribution is 5.74. The number of carbonyl (C=O) groups is 1. The minimum absolute atomic E-state index is 0.0286. The highest BCUT2D eigenvalue weighted by atomic mass is 16.3. The van der Waals surface area contributed by atoms with Crippen LogP contribution in [0.1, 0.15) is 30.0 Å². The summed E-state index contributed by atoms with van der Waals surface area (Å²) in [6.07, 6.45) is 2.46. The fraction of sp³-hybridized carbons (Fsp3) is 0.350. The van der Waals surface area contributed by atoms with Crippen LogP contribution in [0.5, 0.6) is 5.75 Å². The molecular formula is C20H25N3O2. The third-order valence-electron chi connectivity index (χ3n) is 4.54. The Morgan fingerprint density at radius 2 is 1.72 bits per heavy atom. The molecule has 1 atom stereocenters. The molecule has 2 aromatic rings. The van der Waals surface area contributed by atoms with E-state index in [4.69, 9.17) is 0 Å². The molecule has 2 amide bonds. The van der Waals surface area contributed by atoms with Crippen LogP contribution in [0.4, 0.5) is 4.79 Å². The normalized spacial score (nSPS) is 15.7. The summed E-state index contributed by atoms with van der Waals surface area (Å²) in [6.45, 7) is 3.45. The highest BCUT2D eigenvalue weighted by Gasteiger charge is 2.20. The van der Waals surface area contributed by atoms with Crippen molar-refractivity contribution in [1.29, 1.82) is 0 Å². The van der Waals surface area contributed by atoms with E-state index in [1.165, 1.54) is 12.8 Å². The van der Waals surface area contributed by atoms with Crippen LogP contribution in [0.25, 0.3) is 0 Å². The Morgan fingerprint density at radius 1 is 1.04 bits per heavy atom. The van der Waals surface area contributed by atoms with E-state index in [1.54, 1.807) is 24.3 Å². The molecule has 1 heterocycles. The molecule has 0 aliphatic carbocycles. The summed E-state index contributed by atoms with van der Waals surface area (Å²) in [4.78, 5) is 14.8. The van der Waals surface area contributed by atoms with Crippen molar-refractivity contribution in [2.75, 3.05) is 19.6 Å². The Hall–Kier alpha value is -2.53. The lowest BCUT2D eigenvalue weighted by Crippen LogP contribution is -2.42. The molecule has 0 bridgehead atoms. The van der Waals surface area contributed by atoms with Gasteiger partial charge in [-0.05, 0) is 49.2 Å². The predicted octanol–water partition coefficient (Wildman–Crippen LogP) is 3.03. The van der Waals surface area contributed by atoms with Crippen LogP contribution >= 0.6 is 0 Å². The van der Waals surface area contributed by atoms with Gasteiger partial charge in [0.05, 0.1) is 6.04 Å². The second-order valence-corrected chi connectivity index (χ2v) is 6.46. The van der Waals surface area contributed by atoms with Crippen LogP contribution in [0.15, 0.2) is 54.6 Å². The molecular weight excluding hydrogens is 314 g/mol. The second kappa shape index (κ2) is 8.53. The van der Waals surface area contributed by atoms with Crippen molar-refractivity contribution in [1.82, 2.24) is 15.5 Å². The highest BCUT2D eigenvalue weighted by Crippen LogP contribution is 2.17. The second-order valence-electron chi connectivity index (χ2n) is 6.46. The van der Waals surface area contributed by atoms with Gasteiger partial charge in [0.15, 0.2) is 0 Å². The molecule has 1 aliphatic heterocycles. The molecule has 1 aliphatic rings. The maximum absolute atomic E-state index is 12.4. The van der Waals surface area contributed by atoms with Gasteiger partial charge >= 0.3 is 6.03 Å². The van der Waals surface area contributed by atoms with Crippen molar-refractivity contribution >= 4 is 6.03 Å². The van der Waals surface area contributed by atoms with Crippen LogP contribution in [0, 0.1) is 0 Å². The molecule has 0 spiro atoms. The minimum Gasteiger partial charge on any atom is -0.508 e. The molecule has 2 aromatic carbocycles. The van der Waals surface area contributed by atoms with E-state index in [0.29, 0.717) is 6.54 Å². The molecule has 3 N–H and O–H groups in total. The van der Waals surface area contributed by atoms with Crippen LogP contribution < -0.4 is 10.6 Å². The quantitative estimate of drug-likeness (QED) is 0.758. The number of benzene rings is 2. The van der Waals surface area contributed by atoms with E-state index in [9.17, 15) is 9.90 Å². The monoisotopic (exact) mass is 339 g/mol. The summed E-state index contributed by atoms with van der Waals surface area (Å²) < 4.78 is 0. The number of amides is 2. The predicted molar refractivity (Wildman–Crippen MR) is 98.3 cm³/mol. The smallest absolute Gasteiger partial charge is 0.315 e. The lowest BCUT2D eigenvalue weighted by molar-refractivity contribution is 0.229. The first-order chi connectivity index (χ1) is 12.2. The summed E-state index contributed by atoms with van der Waals surface area (Å²) in [5, 5.41) is 15.3. The fourth-order valence-corrected chi connectivity index (χ4v) is 3.15. The van der Waals surface area contributed by atoms with Gasteiger partial charge in [-0.2, -0.15) is 0 Å². The number of phenolic OH excluding ortho intramolecular Hbond substituents is 1. The van der Waals surface area contributed by atoms with E-state index in [1.807, 2.05) is 18.2 Å². The van der Waals surface area contributed by atoms with Crippen LogP contribution in [-0.2, 0) is 6.54 Å². The molecule has 5 heteroatoms. The number of carbonyl (C=O) groups excluding carboxylic acids is 1. The van der Waals surface area contributed by atoms with Crippen molar-refractivity contribution in [3.05, 3.63) is 65.7 Å². The summed E-state index contributed by atoms with van der Waals surface area (Å²) >= 11 is 0. The van der Waals surface area contributed by atoms with Gasteiger partial charge in [-0.25, -0.2) is 4.79 Å². The number of nitrogens with zero attached hydrogens (tertiary/aromatic N) is 1. The third-order valence-corrected chi connectivity index (χ3v) is 4.54. The number of rotatable bonds is 6. The molecule has 1 fully saturated rings. The summed E-state index contributed by atoms with van der Waals surface area (Å²) in [6, 6.07) is 16.7. The molecule has 5 nitrogen and oxygen atoms in total. The number of phenols is 1. The van der Waals surface area contributed by atoms with Crippen molar-refractivity contribution < 1.29 is 9.90 Å². The molecule has 0 radical (unpaired) electrons. The van der Waals surface area contributed by atoms with E-state index in [-0.39, 0.29) is 17.8 Å². The molecule has 0 saturated carbocycles. The topological polar surface area (TPSA) is 64.6 Å². The number of hydrogen-bond acceptors (Lipinski definition) is 3. The third kappa shape index (κ3) is 5.22. The van der Waals surface area contributed by atoms with Crippen LogP contribution in [0.2, 0.25) is 0 Å². The Labute approximate surface area is 148 Å². The van der Waals surface area contributed by atoms with Crippen LogP contribution in [0.3, 0.4) is 0 Å². The number of aromatic hydroxyl groups is 1. The molecule has 25 heavy (non-hydrogen) atoms. The van der Waals surface area contributed by atoms with Gasteiger partial charge in [0.25, 0.3) is 0 Å². The van der Waals surface area contributed by atoms with E-state index in [2.05, 4.69) is 27.7 Å². The number of hydrogen-bond donors (Lipinski definition) is 3. The van der Waals surface area contributed by atoms with Crippen LogP contribution in [-0.4, -0.2) is 35.7 Å². The van der Waals surface area contributed by atoms with Gasteiger partial charge in [-0.1, -0.05) is 42.5 Å². The molecule has 0 aromatic heterocycles. The van der Waals surface area contributed by atoms with Gasteiger partial charge in [0, 0.05) is 13.1 Å². The van der Waals surface area contributed by atoms with Crippen molar-refractivity contribution in [2.24, 2.45) is 0 Å². The van der Waals surface area contributed by atoms with E-state index in [0.717, 1.165) is 30.8 Å². The standard InChI is InChI=1S/C20H25N3O2/c24-18-10-8-16(9-11-18)14-21-20(25)22-19(15-23-12-4-5-13-23)17-6-2-1-3-7-17/h1-3,6-11,19,24H,4-5,12-15H2,(H2,21,22,25). The number of likely N-dealkylation sites (tertiary alicyclic amines) is 1. The van der Waals surface area contributed by atoms with Gasteiger partial charge in [0.2, 0.25) is 0 Å². The van der Waals surface area contributed by atoms with E-state index >= 15 is 0 Å². The maximum atomic E-state index is 12.4. The zero-order valence-corrected chi connectivity index (χ0v) is 14.3. The Bertz CT molecular complexity index is 667. The zero-order valence-electron chi connectivity index (χ0n) is 14.3. The first-order valence-electron chi connectivity index (χ1n) is 8.80. The lowest BCUT2D eigenvalue weighted by Gasteiger charge is -2.25. The Kier molecular flexibility index (Phi) is 5.90. The molecule has 1 unspecified atom stereocenters. The van der Waals surface area contributed by atoms with Crippen molar-refractivity contribution in [3.63, 3.8) is 0 Å². The number of urea groups is 1. The minimum atomic E-state index is -0.180. The largest absolute Gasteiger partial charge is 0.508 e. The lowest BCUT2D eigenvalue weighted by atomic mass is 10.1. The fourth-order valence-electron chi connectivity index (χ4n) is 3.15. The summed E-state index contributed by atoms with van der Waals surface area (Å²) in [7, 11) is 0. The SMILES string of the molecule is O=C(NCc1ccc(O)cc1)NC(CN1CCCC1)c1ccccc1. The van der Waals surface area contributed by atoms with Crippen molar-refractivity contribution in [3.8, 4) is 5.75 Å². The molecule has 3 rings (SSSR count). The average Bonchev–Trinajstić information content (AvgIpc) is 3.15. The van der Waals surface area contributed by atoms with Gasteiger partial charge in [0.1, 0.15) is 5.75 Å². The maximum Gasteiger partial charge on any atom is 0.315 e.